The van der Waals surface area contributed by atoms with Crippen LogP contribution in [0.3, 0.4) is 0 Å². The summed E-state index contributed by atoms with van der Waals surface area (Å²) in [5.41, 5.74) is 1.57. The van der Waals surface area contributed by atoms with Crippen molar-refractivity contribution in [2.45, 2.75) is 44.1 Å². The molecule has 0 radical (unpaired) electrons. The molecule has 0 atom stereocenters. The lowest BCUT2D eigenvalue weighted by Crippen LogP contribution is -2.48. The Morgan fingerprint density at radius 3 is 2.64 bits per heavy atom. The first-order chi connectivity index (χ1) is 11.7. The number of likely N-dealkylation sites (tertiary alicyclic amines) is 1. The number of aliphatic imine (C=N–C) groups is 1. The third-order valence-corrected chi connectivity index (χ3v) is 5.47. The van der Waals surface area contributed by atoms with Gasteiger partial charge in [-0.05, 0) is 50.3 Å². The van der Waals surface area contributed by atoms with Crippen LogP contribution in [-0.2, 0) is 10.2 Å². The molecule has 3 rings (SSSR count). The smallest absolute Gasteiger partial charge is 0.193 e. The monoisotopic (exact) mass is 477 g/mol. The minimum Gasteiger partial charge on any atom is -0.378 e. The molecular formula is C19H29ClIN3O. The maximum atomic E-state index is 6.17. The first-order valence-electron chi connectivity index (χ1n) is 9.00. The number of hydrogen-bond donors (Lipinski definition) is 1. The van der Waals surface area contributed by atoms with E-state index in [4.69, 9.17) is 16.3 Å². The van der Waals surface area contributed by atoms with Crippen LogP contribution in [0.5, 0.6) is 0 Å². The summed E-state index contributed by atoms with van der Waals surface area (Å²) >= 11 is 6.17. The van der Waals surface area contributed by atoms with Crippen LogP contribution in [-0.4, -0.2) is 50.3 Å². The van der Waals surface area contributed by atoms with Crippen molar-refractivity contribution in [3.8, 4) is 0 Å². The van der Waals surface area contributed by atoms with Gasteiger partial charge >= 0.3 is 0 Å². The fraction of sp³-hybridized carbons (Fsp3) is 0.632. The maximum Gasteiger partial charge on any atom is 0.193 e. The van der Waals surface area contributed by atoms with Gasteiger partial charge in [-0.15, -0.1) is 24.0 Å². The summed E-state index contributed by atoms with van der Waals surface area (Å²) < 4.78 is 5.74. The first kappa shape index (κ1) is 20.8. The van der Waals surface area contributed by atoms with E-state index in [-0.39, 0.29) is 29.4 Å². The number of halogens is 2. The molecule has 1 heterocycles. The predicted molar refractivity (Wildman–Crippen MR) is 115 cm³/mol. The van der Waals surface area contributed by atoms with Crippen LogP contribution in [0.25, 0.3) is 0 Å². The van der Waals surface area contributed by atoms with Crippen LogP contribution in [0.15, 0.2) is 29.3 Å². The average Bonchev–Trinajstić information content (AvgIpc) is 3.38. The number of nitrogens with zero attached hydrogens (tertiary/aromatic N) is 2. The Morgan fingerprint density at radius 1 is 1.36 bits per heavy atom. The molecule has 0 unspecified atom stereocenters. The highest BCUT2D eigenvalue weighted by atomic mass is 127. The molecule has 0 spiro atoms. The molecule has 1 N–H and O–H groups in total. The molecule has 1 saturated heterocycles. The Kier molecular flexibility index (Phi) is 7.83. The summed E-state index contributed by atoms with van der Waals surface area (Å²) in [5, 5.41) is 4.42. The minimum atomic E-state index is 0. The summed E-state index contributed by atoms with van der Waals surface area (Å²) in [4.78, 5) is 6.84. The summed E-state index contributed by atoms with van der Waals surface area (Å²) in [6.07, 6.45) is 4.99. The number of hydrogen-bond acceptors (Lipinski definition) is 2. The van der Waals surface area contributed by atoms with Gasteiger partial charge in [0, 0.05) is 43.7 Å². The minimum absolute atomic E-state index is 0. The number of rotatable bonds is 5. The molecule has 1 aromatic rings. The SMILES string of the molecule is CCOC1CCN(C(=NC)NCC2(c3cccc(Cl)c3)CC2)CC1.I. The zero-order chi connectivity index (χ0) is 17.0. The van der Waals surface area contributed by atoms with E-state index in [1.165, 1.54) is 18.4 Å². The number of benzene rings is 1. The zero-order valence-electron chi connectivity index (χ0n) is 15.1. The highest BCUT2D eigenvalue weighted by Gasteiger charge is 2.44. The van der Waals surface area contributed by atoms with Crippen molar-refractivity contribution >= 4 is 41.5 Å². The fourth-order valence-electron chi connectivity index (χ4n) is 3.59. The summed E-state index contributed by atoms with van der Waals surface area (Å²) in [6, 6.07) is 8.28. The Morgan fingerprint density at radius 2 is 2.08 bits per heavy atom. The Bertz CT molecular complexity index is 584. The number of nitrogens with one attached hydrogen (secondary N) is 1. The fourth-order valence-corrected chi connectivity index (χ4v) is 3.78. The molecule has 0 amide bonds. The van der Waals surface area contributed by atoms with Crippen LogP contribution in [0, 0.1) is 0 Å². The molecule has 6 heteroatoms. The zero-order valence-corrected chi connectivity index (χ0v) is 18.2. The van der Waals surface area contributed by atoms with Gasteiger partial charge in [-0.25, -0.2) is 0 Å². The highest BCUT2D eigenvalue weighted by Crippen LogP contribution is 2.48. The lowest BCUT2D eigenvalue weighted by atomic mass is 9.96. The van der Waals surface area contributed by atoms with Crippen molar-refractivity contribution in [1.82, 2.24) is 10.2 Å². The van der Waals surface area contributed by atoms with Crippen LogP contribution in [0.1, 0.15) is 38.2 Å². The number of guanidine groups is 1. The lowest BCUT2D eigenvalue weighted by molar-refractivity contribution is 0.0263. The predicted octanol–water partition coefficient (Wildman–Crippen LogP) is 4.07. The van der Waals surface area contributed by atoms with Gasteiger partial charge in [0.2, 0.25) is 0 Å². The third-order valence-electron chi connectivity index (χ3n) is 5.23. The van der Waals surface area contributed by atoms with E-state index >= 15 is 0 Å². The maximum absolute atomic E-state index is 6.17. The van der Waals surface area contributed by atoms with Crippen molar-refractivity contribution in [3.63, 3.8) is 0 Å². The molecular weight excluding hydrogens is 449 g/mol. The van der Waals surface area contributed by atoms with Crippen molar-refractivity contribution in [2.75, 3.05) is 33.3 Å². The quantitative estimate of drug-likeness (QED) is 0.395. The largest absolute Gasteiger partial charge is 0.378 e. The van der Waals surface area contributed by atoms with Crippen LogP contribution >= 0.6 is 35.6 Å². The van der Waals surface area contributed by atoms with E-state index in [1.54, 1.807) is 0 Å². The van der Waals surface area contributed by atoms with Gasteiger partial charge in [0.15, 0.2) is 5.96 Å². The number of ether oxygens (including phenoxy) is 1. The lowest BCUT2D eigenvalue weighted by Gasteiger charge is -2.34. The van der Waals surface area contributed by atoms with E-state index in [2.05, 4.69) is 34.3 Å². The van der Waals surface area contributed by atoms with Crippen molar-refractivity contribution < 1.29 is 4.74 Å². The molecule has 2 aliphatic rings. The van der Waals surface area contributed by atoms with Crippen molar-refractivity contribution in [3.05, 3.63) is 34.9 Å². The van der Waals surface area contributed by atoms with Crippen LogP contribution in [0.4, 0.5) is 0 Å². The molecule has 1 aromatic carbocycles. The topological polar surface area (TPSA) is 36.9 Å². The van der Waals surface area contributed by atoms with E-state index in [0.717, 1.165) is 50.1 Å². The van der Waals surface area contributed by atoms with E-state index in [1.807, 2.05) is 19.2 Å². The number of piperidine rings is 1. The molecule has 2 fully saturated rings. The van der Waals surface area contributed by atoms with Gasteiger partial charge in [0.25, 0.3) is 0 Å². The second kappa shape index (κ2) is 9.42. The molecule has 4 nitrogen and oxygen atoms in total. The Hall–Kier alpha value is -0.530. The van der Waals surface area contributed by atoms with Gasteiger partial charge in [-0.1, -0.05) is 23.7 Å². The van der Waals surface area contributed by atoms with Gasteiger partial charge in [-0.3, -0.25) is 4.99 Å². The average molecular weight is 478 g/mol. The van der Waals surface area contributed by atoms with Gasteiger partial charge < -0.3 is 15.0 Å². The standard InChI is InChI=1S/C19H28ClN3O.HI/c1-3-24-17-7-11-23(12-8-17)18(21-2)22-14-19(9-10-19)15-5-4-6-16(20)13-15;/h4-6,13,17H,3,7-12,14H2,1-2H3,(H,21,22);1H. The highest BCUT2D eigenvalue weighted by molar-refractivity contribution is 14.0. The Labute approximate surface area is 173 Å². The van der Waals surface area contributed by atoms with Gasteiger partial charge in [0.1, 0.15) is 0 Å². The second-order valence-electron chi connectivity index (χ2n) is 6.83. The molecule has 1 aliphatic carbocycles. The molecule has 1 saturated carbocycles. The van der Waals surface area contributed by atoms with E-state index in [0.29, 0.717) is 6.10 Å². The van der Waals surface area contributed by atoms with E-state index in [9.17, 15) is 0 Å². The first-order valence-corrected chi connectivity index (χ1v) is 9.38. The summed E-state index contributed by atoms with van der Waals surface area (Å²) in [6.45, 7) is 5.81. The van der Waals surface area contributed by atoms with Gasteiger partial charge in [-0.2, -0.15) is 0 Å². The third kappa shape index (κ3) is 5.23. The molecule has 0 aromatic heterocycles. The van der Waals surface area contributed by atoms with Crippen molar-refractivity contribution in [1.29, 1.82) is 0 Å². The van der Waals surface area contributed by atoms with Gasteiger partial charge in [0.05, 0.1) is 6.10 Å². The van der Waals surface area contributed by atoms with Crippen molar-refractivity contribution in [2.24, 2.45) is 4.99 Å². The summed E-state index contributed by atoms with van der Waals surface area (Å²) in [7, 11) is 1.87. The summed E-state index contributed by atoms with van der Waals surface area (Å²) in [5.74, 6) is 1.01. The molecule has 25 heavy (non-hydrogen) atoms. The van der Waals surface area contributed by atoms with E-state index < -0.39 is 0 Å². The molecule has 140 valence electrons. The second-order valence-corrected chi connectivity index (χ2v) is 7.27. The normalized spacial score (nSPS) is 20.1. The van der Waals surface area contributed by atoms with Crippen LogP contribution < -0.4 is 5.32 Å². The Balaban J connectivity index is 0.00000225. The molecule has 0 bridgehead atoms. The molecule has 1 aliphatic heterocycles. The van der Waals surface area contributed by atoms with Crippen LogP contribution in [0.2, 0.25) is 5.02 Å².